The molecule has 2 unspecified atom stereocenters. The van der Waals surface area contributed by atoms with Crippen LogP contribution in [0.3, 0.4) is 0 Å². The van der Waals surface area contributed by atoms with Crippen LogP contribution >= 0.6 is 0 Å². The molecule has 35 heavy (non-hydrogen) atoms. The van der Waals surface area contributed by atoms with Gasteiger partial charge in [-0.2, -0.15) is 0 Å². The van der Waals surface area contributed by atoms with E-state index >= 15 is 0 Å². The maximum Gasteiger partial charge on any atom is -1.00 e. The van der Waals surface area contributed by atoms with E-state index in [9.17, 15) is 0 Å². The van der Waals surface area contributed by atoms with Crippen LogP contribution in [0.2, 0.25) is 13.1 Å². The molecule has 3 heterocycles. The van der Waals surface area contributed by atoms with Gasteiger partial charge in [0, 0.05) is 11.1 Å². The van der Waals surface area contributed by atoms with E-state index < -0.39 is 8.07 Å². The van der Waals surface area contributed by atoms with E-state index in [0.717, 1.165) is 11.3 Å². The Morgan fingerprint density at radius 1 is 0.943 bits per heavy atom. The number of furan rings is 1. The second-order valence-corrected chi connectivity index (χ2v) is 16.4. The normalized spacial score (nSPS) is 19.9. The van der Waals surface area contributed by atoms with Crippen LogP contribution in [0, 0.1) is 6.92 Å². The summed E-state index contributed by atoms with van der Waals surface area (Å²) >= 11 is 1.59. The molecule has 3 aromatic rings. The van der Waals surface area contributed by atoms with Crippen molar-refractivity contribution in [1.29, 1.82) is 0 Å². The monoisotopic (exact) mass is 597 g/mol. The van der Waals surface area contributed by atoms with E-state index in [-0.39, 0.29) is 24.8 Å². The van der Waals surface area contributed by atoms with E-state index in [4.69, 9.17) is 4.42 Å². The van der Waals surface area contributed by atoms with Crippen LogP contribution in [0.15, 0.2) is 64.1 Å². The third-order valence-electron chi connectivity index (χ3n) is 7.70. The summed E-state index contributed by atoms with van der Waals surface area (Å²) in [6.45, 7) is 13.7. The molecule has 0 amide bonds. The minimum atomic E-state index is -1.10. The van der Waals surface area contributed by atoms with Gasteiger partial charge in [0.25, 0.3) is 0 Å². The Kier molecular flexibility index (Phi) is 8.70. The molecule has 0 radical (unpaired) electrons. The van der Waals surface area contributed by atoms with Gasteiger partial charge < -0.3 is 29.2 Å². The van der Waals surface area contributed by atoms with Gasteiger partial charge in [-0.25, -0.2) is 0 Å². The predicted molar refractivity (Wildman–Crippen MR) is 139 cm³/mol. The van der Waals surface area contributed by atoms with Crippen LogP contribution in [0.1, 0.15) is 70.1 Å². The van der Waals surface area contributed by atoms with Gasteiger partial charge in [-0.15, -0.1) is 0 Å². The molecule has 2 atom stereocenters. The average molecular weight is 600 g/mol. The Bertz CT molecular complexity index is 1300. The first-order valence-electron chi connectivity index (χ1n) is 12.2. The molecular formula is C30H33Cl2OSiZr. The Hall–Kier alpha value is -1.12. The van der Waals surface area contributed by atoms with Crippen LogP contribution in [0.4, 0.5) is 0 Å². The second-order valence-electron chi connectivity index (χ2n) is 10.4. The smallest absolute Gasteiger partial charge is 1.00 e. The molecule has 2 aliphatic heterocycles. The summed E-state index contributed by atoms with van der Waals surface area (Å²) in [5.41, 5.74) is 12.5. The van der Waals surface area contributed by atoms with Crippen molar-refractivity contribution < 1.29 is 54.0 Å². The SMILES string of the molecule is CC1=C2c3oc(C)cc3C1[Si]2(C)C.CCCc1ccc(-c2cccc3c2C=C(C)[CH]3[Zr+2])cc1.[Cl-].[Cl-]. The van der Waals surface area contributed by atoms with Crippen LogP contribution in [-0.2, 0) is 31.1 Å². The van der Waals surface area contributed by atoms with Crippen LogP contribution in [-0.4, -0.2) is 8.07 Å². The summed E-state index contributed by atoms with van der Waals surface area (Å²) in [7, 11) is -1.10. The van der Waals surface area contributed by atoms with Crippen molar-refractivity contribution in [2.75, 3.05) is 0 Å². The third-order valence-corrected chi connectivity index (χ3v) is 13.7. The van der Waals surface area contributed by atoms with Crippen LogP contribution in [0.25, 0.3) is 22.4 Å². The van der Waals surface area contributed by atoms with E-state index in [1.165, 1.54) is 57.6 Å². The summed E-state index contributed by atoms with van der Waals surface area (Å²) in [4.78, 5) is 0. The first-order valence-corrected chi connectivity index (χ1v) is 16.7. The van der Waals surface area contributed by atoms with Gasteiger partial charge in [0.05, 0.1) is 8.07 Å². The summed E-state index contributed by atoms with van der Waals surface area (Å²) in [5.74, 6) is 2.31. The molecule has 0 saturated heterocycles. The van der Waals surface area contributed by atoms with Crippen molar-refractivity contribution in [2.45, 2.75) is 62.8 Å². The molecule has 2 bridgehead atoms. The van der Waals surface area contributed by atoms with Crippen LogP contribution in [0.5, 0.6) is 0 Å². The van der Waals surface area contributed by atoms with Gasteiger partial charge in [0.1, 0.15) is 11.5 Å². The fourth-order valence-electron chi connectivity index (χ4n) is 6.24. The molecule has 1 aromatic heterocycles. The molecule has 0 fully saturated rings. The molecule has 2 aliphatic carbocycles. The van der Waals surface area contributed by atoms with Gasteiger partial charge in [0.2, 0.25) is 0 Å². The summed E-state index contributed by atoms with van der Waals surface area (Å²) in [6.07, 6.45) is 4.76. The van der Waals surface area contributed by atoms with E-state index in [1.807, 2.05) is 6.92 Å². The molecule has 181 valence electrons. The topological polar surface area (TPSA) is 13.1 Å². The molecule has 4 aliphatic rings. The molecule has 7 rings (SSSR count). The first kappa shape index (κ1) is 28.5. The summed E-state index contributed by atoms with van der Waals surface area (Å²) in [5, 5.41) is 1.60. The average Bonchev–Trinajstić information content (AvgIpc) is 3.43. The number of allylic oxidation sites excluding steroid dienone is 2. The zero-order valence-corrected chi connectivity index (χ0v) is 26.4. The Balaban J connectivity index is 0.000000199. The number of halogens is 2. The Labute approximate surface area is 239 Å². The minimum Gasteiger partial charge on any atom is -1.00 e. The van der Waals surface area contributed by atoms with Crippen molar-refractivity contribution >= 4 is 19.3 Å². The zero-order valence-electron chi connectivity index (χ0n) is 21.4. The fraction of sp³-hybridized carbons (Fsp3) is 0.333. The Morgan fingerprint density at radius 2 is 1.63 bits per heavy atom. The van der Waals surface area contributed by atoms with E-state index in [1.54, 1.807) is 35.5 Å². The van der Waals surface area contributed by atoms with Gasteiger partial charge in [0.15, 0.2) is 0 Å². The van der Waals surface area contributed by atoms with Crippen molar-refractivity contribution in [3.63, 3.8) is 0 Å². The van der Waals surface area contributed by atoms with Gasteiger partial charge in [-0.05, 0) is 25.1 Å². The number of hydrogen-bond donors (Lipinski definition) is 0. The molecule has 0 saturated carbocycles. The van der Waals surface area contributed by atoms with Crippen molar-refractivity contribution in [1.82, 2.24) is 0 Å². The van der Waals surface area contributed by atoms with Crippen molar-refractivity contribution in [3.8, 4) is 11.1 Å². The van der Waals surface area contributed by atoms with Gasteiger partial charge in [-0.3, -0.25) is 0 Å². The molecule has 5 heteroatoms. The largest absolute Gasteiger partial charge is 1.00 e. The molecule has 0 N–H and O–H groups in total. The molecule has 0 spiro atoms. The van der Waals surface area contributed by atoms with E-state index in [2.05, 4.69) is 88.5 Å². The van der Waals surface area contributed by atoms with Crippen LogP contribution < -0.4 is 24.8 Å². The number of rotatable bonds is 3. The number of fused-ring (bicyclic) bond motifs is 1. The molecular weight excluding hydrogens is 567 g/mol. The predicted octanol–water partition coefficient (Wildman–Crippen LogP) is 2.58. The summed E-state index contributed by atoms with van der Waals surface area (Å²) in [6, 6.07) is 18.1. The van der Waals surface area contributed by atoms with Crippen molar-refractivity contribution in [3.05, 3.63) is 93.5 Å². The second kappa shape index (κ2) is 10.7. The third kappa shape index (κ3) is 4.68. The number of aryl methyl sites for hydroxylation is 2. The minimum absolute atomic E-state index is 0. The van der Waals surface area contributed by atoms with Gasteiger partial charge >= 0.3 is 137 Å². The quantitative estimate of drug-likeness (QED) is 0.422. The van der Waals surface area contributed by atoms with Crippen molar-refractivity contribution in [2.24, 2.45) is 0 Å². The first-order chi connectivity index (χ1) is 15.7. The van der Waals surface area contributed by atoms with E-state index in [0.29, 0.717) is 3.63 Å². The molecule has 2 aromatic carbocycles. The van der Waals surface area contributed by atoms with Gasteiger partial charge in [-0.1, -0.05) is 18.7 Å². The maximum atomic E-state index is 5.76. The standard InChI is InChI=1S/C19H19.C11H14OSi.2ClH.Zr/c1-3-5-15-8-10-16(11-9-15)18-7-4-6-17-12-14(2)13-19(17)18;1-6-5-8-9(12-6)11-7(2)10(8)13(11,3)4;;;/h4,6-13H,3,5H2,1-2H3;5,10H,1-4H3;2*1H;/q;;;;+2/p-2. The maximum absolute atomic E-state index is 5.76. The summed E-state index contributed by atoms with van der Waals surface area (Å²) < 4.78 is 6.41. The zero-order chi connectivity index (χ0) is 23.5. The Morgan fingerprint density at radius 3 is 2.23 bits per heavy atom. The number of hydrogen-bond acceptors (Lipinski definition) is 1. The molecule has 1 nitrogen and oxygen atoms in total. The fourth-order valence-corrected chi connectivity index (χ4v) is 11.3. The number of benzene rings is 2.